The fourth-order valence-electron chi connectivity index (χ4n) is 3.19. The molecule has 0 saturated heterocycles. The molecule has 0 aliphatic heterocycles. The quantitative estimate of drug-likeness (QED) is 0.448. The van der Waals surface area contributed by atoms with E-state index in [-0.39, 0.29) is 5.43 Å². The minimum absolute atomic E-state index is 0.173. The molecule has 0 aliphatic rings. The minimum Gasteiger partial charge on any atom is -0.309 e. The van der Waals surface area contributed by atoms with Gasteiger partial charge in [0.05, 0.1) is 16.8 Å². The number of hydrogen-bond donors (Lipinski definition) is 0. The second kappa shape index (κ2) is 6.43. The summed E-state index contributed by atoms with van der Waals surface area (Å²) in [6.07, 6.45) is -4.45. The Hall–Kier alpha value is -3.34. The second-order valence-electron chi connectivity index (χ2n) is 6.16. The minimum atomic E-state index is -4.45. The van der Waals surface area contributed by atoms with Gasteiger partial charge in [-0.15, -0.1) is 0 Å². The van der Waals surface area contributed by atoms with E-state index in [9.17, 15) is 18.0 Å². The Bertz CT molecular complexity index is 1180. The summed E-state index contributed by atoms with van der Waals surface area (Å²) in [6.45, 7) is 0. The van der Waals surface area contributed by atoms with E-state index in [4.69, 9.17) is 0 Å². The van der Waals surface area contributed by atoms with E-state index in [1.54, 1.807) is 34.9 Å². The molecule has 0 N–H and O–H groups in total. The van der Waals surface area contributed by atoms with Crippen LogP contribution in [0.5, 0.6) is 0 Å². The van der Waals surface area contributed by atoms with Crippen molar-refractivity contribution in [3.05, 3.63) is 101 Å². The van der Waals surface area contributed by atoms with Crippen LogP contribution in [0, 0.1) is 0 Å². The summed E-state index contributed by atoms with van der Waals surface area (Å²) in [6, 6.07) is 22.7. The normalized spacial score (nSPS) is 11.7. The first-order chi connectivity index (χ1) is 12.9. The maximum absolute atomic E-state index is 13.2. The van der Waals surface area contributed by atoms with Crippen molar-refractivity contribution in [3.8, 4) is 16.9 Å². The van der Waals surface area contributed by atoms with Crippen LogP contribution in [0.2, 0.25) is 0 Å². The Morgan fingerprint density at radius 3 is 2.19 bits per heavy atom. The molecule has 1 aromatic heterocycles. The largest absolute Gasteiger partial charge is 0.416 e. The third kappa shape index (κ3) is 3.12. The molecule has 0 unspecified atom stereocenters. The SMILES string of the molecule is O=c1cc(-c2ccccc2)n(-c2cccc(C(F)(F)F)c2)c2ccccc12. The predicted molar refractivity (Wildman–Crippen MR) is 100.0 cm³/mol. The van der Waals surface area contributed by atoms with Crippen LogP contribution >= 0.6 is 0 Å². The van der Waals surface area contributed by atoms with Gasteiger partial charge in [0.25, 0.3) is 0 Å². The number of pyridine rings is 1. The average Bonchev–Trinajstić information content (AvgIpc) is 2.68. The van der Waals surface area contributed by atoms with E-state index in [0.29, 0.717) is 22.3 Å². The molecule has 0 aliphatic carbocycles. The van der Waals surface area contributed by atoms with Crippen molar-refractivity contribution in [2.45, 2.75) is 6.18 Å². The molecular weight excluding hydrogens is 351 g/mol. The van der Waals surface area contributed by atoms with Gasteiger partial charge in [-0.05, 0) is 35.9 Å². The van der Waals surface area contributed by atoms with Gasteiger partial charge in [-0.1, -0.05) is 48.5 Å². The van der Waals surface area contributed by atoms with E-state index in [2.05, 4.69) is 0 Å². The molecule has 0 saturated carbocycles. The lowest BCUT2D eigenvalue weighted by Crippen LogP contribution is -2.12. The summed E-state index contributed by atoms with van der Waals surface area (Å²) in [5.41, 5.74) is 1.29. The Kier molecular flexibility index (Phi) is 4.07. The molecule has 1 heterocycles. The van der Waals surface area contributed by atoms with Gasteiger partial charge in [0.15, 0.2) is 5.43 Å². The predicted octanol–water partition coefficient (Wildman–Crippen LogP) is 5.68. The van der Waals surface area contributed by atoms with E-state index < -0.39 is 11.7 Å². The highest BCUT2D eigenvalue weighted by molar-refractivity contribution is 5.84. The van der Waals surface area contributed by atoms with Gasteiger partial charge in [0.2, 0.25) is 0 Å². The van der Waals surface area contributed by atoms with Crippen LogP contribution < -0.4 is 5.43 Å². The third-order valence-electron chi connectivity index (χ3n) is 4.42. The van der Waals surface area contributed by atoms with Crippen LogP contribution in [0.1, 0.15) is 5.56 Å². The molecule has 134 valence electrons. The number of nitrogens with zero attached hydrogens (tertiary/aromatic N) is 1. The molecular formula is C22H14F3NO. The van der Waals surface area contributed by atoms with Crippen LogP contribution in [-0.2, 0) is 6.18 Å². The first kappa shape index (κ1) is 17.1. The summed E-state index contributed by atoms with van der Waals surface area (Å²) in [5.74, 6) is 0. The van der Waals surface area contributed by atoms with Gasteiger partial charge in [-0.2, -0.15) is 13.2 Å². The van der Waals surface area contributed by atoms with Crippen molar-refractivity contribution in [2.24, 2.45) is 0 Å². The van der Waals surface area contributed by atoms with Gasteiger partial charge in [0.1, 0.15) is 0 Å². The van der Waals surface area contributed by atoms with E-state index in [0.717, 1.165) is 17.7 Å². The van der Waals surface area contributed by atoms with Gasteiger partial charge < -0.3 is 4.57 Å². The molecule has 3 aromatic carbocycles. The molecule has 27 heavy (non-hydrogen) atoms. The van der Waals surface area contributed by atoms with E-state index in [1.165, 1.54) is 12.1 Å². The second-order valence-corrected chi connectivity index (χ2v) is 6.16. The molecule has 0 radical (unpaired) electrons. The average molecular weight is 365 g/mol. The summed E-state index contributed by atoms with van der Waals surface area (Å²) in [4.78, 5) is 12.6. The van der Waals surface area contributed by atoms with Crippen molar-refractivity contribution in [1.82, 2.24) is 4.57 Å². The highest BCUT2D eigenvalue weighted by Crippen LogP contribution is 2.32. The van der Waals surface area contributed by atoms with Gasteiger partial charge in [-0.3, -0.25) is 4.79 Å². The molecule has 0 amide bonds. The van der Waals surface area contributed by atoms with Crippen LogP contribution in [0.3, 0.4) is 0 Å². The monoisotopic (exact) mass is 365 g/mol. The fraction of sp³-hybridized carbons (Fsp3) is 0.0455. The number of halogens is 3. The fourth-order valence-corrected chi connectivity index (χ4v) is 3.19. The number of benzene rings is 3. The first-order valence-electron chi connectivity index (χ1n) is 8.33. The zero-order valence-corrected chi connectivity index (χ0v) is 14.1. The zero-order chi connectivity index (χ0) is 19.0. The molecule has 4 aromatic rings. The Labute approximate surface area is 153 Å². The van der Waals surface area contributed by atoms with Crippen molar-refractivity contribution < 1.29 is 13.2 Å². The highest BCUT2D eigenvalue weighted by Gasteiger charge is 2.30. The molecule has 0 fully saturated rings. The number of para-hydroxylation sites is 1. The van der Waals surface area contributed by atoms with Crippen LogP contribution in [0.25, 0.3) is 27.8 Å². The number of hydrogen-bond acceptors (Lipinski definition) is 1. The topological polar surface area (TPSA) is 22.0 Å². The van der Waals surface area contributed by atoms with Crippen LogP contribution in [0.15, 0.2) is 89.7 Å². The third-order valence-corrected chi connectivity index (χ3v) is 4.42. The van der Waals surface area contributed by atoms with Crippen LogP contribution in [-0.4, -0.2) is 4.57 Å². The maximum atomic E-state index is 13.2. The molecule has 5 heteroatoms. The molecule has 0 atom stereocenters. The summed E-state index contributed by atoms with van der Waals surface area (Å²) in [5, 5.41) is 0.453. The summed E-state index contributed by atoms with van der Waals surface area (Å²) < 4.78 is 41.4. The van der Waals surface area contributed by atoms with Gasteiger partial charge >= 0.3 is 6.18 Å². The number of fused-ring (bicyclic) bond motifs is 1. The van der Waals surface area contributed by atoms with Crippen molar-refractivity contribution in [3.63, 3.8) is 0 Å². The number of aromatic nitrogens is 1. The maximum Gasteiger partial charge on any atom is 0.416 e. The van der Waals surface area contributed by atoms with Gasteiger partial charge in [0, 0.05) is 17.1 Å². The van der Waals surface area contributed by atoms with E-state index in [1.807, 2.05) is 30.3 Å². The Balaban J connectivity index is 2.10. The summed E-state index contributed by atoms with van der Waals surface area (Å²) in [7, 11) is 0. The molecule has 4 rings (SSSR count). The zero-order valence-electron chi connectivity index (χ0n) is 14.1. The molecule has 2 nitrogen and oxygen atoms in total. The Morgan fingerprint density at radius 1 is 0.741 bits per heavy atom. The lowest BCUT2D eigenvalue weighted by Gasteiger charge is -2.18. The molecule has 0 spiro atoms. The van der Waals surface area contributed by atoms with E-state index >= 15 is 0 Å². The molecule has 0 bridgehead atoms. The van der Waals surface area contributed by atoms with Crippen molar-refractivity contribution in [2.75, 3.05) is 0 Å². The van der Waals surface area contributed by atoms with Crippen molar-refractivity contribution >= 4 is 10.9 Å². The lowest BCUT2D eigenvalue weighted by atomic mass is 10.1. The van der Waals surface area contributed by atoms with Crippen LogP contribution in [0.4, 0.5) is 13.2 Å². The smallest absolute Gasteiger partial charge is 0.309 e. The van der Waals surface area contributed by atoms with Crippen molar-refractivity contribution in [1.29, 1.82) is 0 Å². The van der Waals surface area contributed by atoms with Gasteiger partial charge in [-0.25, -0.2) is 0 Å². The lowest BCUT2D eigenvalue weighted by molar-refractivity contribution is -0.137. The first-order valence-corrected chi connectivity index (χ1v) is 8.33. The Morgan fingerprint density at radius 2 is 1.44 bits per heavy atom. The summed E-state index contributed by atoms with van der Waals surface area (Å²) >= 11 is 0. The number of rotatable bonds is 2. The number of alkyl halides is 3. The standard InChI is InChI=1S/C22H14F3NO/c23-22(24,25)16-9-6-10-17(13-16)26-19-12-5-4-11-18(19)21(27)14-20(26)15-7-2-1-3-8-15/h1-14H. The highest BCUT2D eigenvalue weighted by atomic mass is 19.4.